The smallest absolute Gasteiger partial charge is 0.416 e. The lowest BCUT2D eigenvalue weighted by Gasteiger charge is -2.21. The van der Waals surface area contributed by atoms with Gasteiger partial charge in [0.05, 0.1) is 25.0 Å². The molecule has 3 heterocycles. The fraction of sp³-hybridized carbons (Fsp3) is 0.333. The monoisotopic (exact) mass is 578 g/mol. The fourth-order valence-electron chi connectivity index (χ4n) is 3.76. The maximum absolute atomic E-state index is 13.5. The standard InChI is InChI=1S/C24H25F3N8O4S/c1-13-10-28-19(29-11-13)14(2)15(3)40(36,37)34-23-33-32-20(16-7-6-8-17(9-16)24(25,26)27)35(23)18-21(38-4)30-12-31-22(18)39-5/h6-12,14-15H,1-5H3,(H,33,34)/t14-,15-/m0/s1. The van der Waals surface area contributed by atoms with E-state index >= 15 is 0 Å². The van der Waals surface area contributed by atoms with E-state index < -0.39 is 32.9 Å². The predicted octanol–water partition coefficient (Wildman–Crippen LogP) is 3.79. The summed E-state index contributed by atoms with van der Waals surface area (Å²) in [5.41, 5.74) is -0.182. The number of benzene rings is 1. The van der Waals surface area contributed by atoms with Gasteiger partial charge in [-0.25, -0.2) is 18.4 Å². The lowest BCUT2D eigenvalue weighted by molar-refractivity contribution is -0.137. The van der Waals surface area contributed by atoms with E-state index in [1.807, 2.05) is 0 Å². The van der Waals surface area contributed by atoms with E-state index in [2.05, 4.69) is 34.9 Å². The van der Waals surface area contributed by atoms with Crippen LogP contribution in [0.15, 0.2) is 43.0 Å². The van der Waals surface area contributed by atoms with E-state index in [0.29, 0.717) is 5.82 Å². The van der Waals surface area contributed by atoms with E-state index in [4.69, 9.17) is 9.47 Å². The molecule has 0 unspecified atom stereocenters. The Bertz CT molecular complexity index is 1590. The Labute approximate surface area is 227 Å². The highest BCUT2D eigenvalue weighted by atomic mass is 32.2. The molecule has 0 spiro atoms. The number of ether oxygens (including phenoxy) is 2. The van der Waals surface area contributed by atoms with Crippen LogP contribution in [0.25, 0.3) is 17.1 Å². The summed E-state index contributed by atoms with van der Waals surface area (Å²) in [6.45, 7) is 4.93. The van der Waals surface area contributed by atoms with E-state index in [0.717, 1.165) is 28.6 Å². The van der Waals surface area contributed by atoms with Gasteiger partial charge in [-0.1, -0.05) is 19.1 Å². The summed E-state index contributed by atoms with van der Waals surface area (Å²) in [7, 11) is -1.60. The molecule has 4 rings (SSSR count). The zero-order valence-corrected chi connectivity index (χ0v) is 22.8. The minimum atomic E-state index is -4.64. The van der Waals surface area contributed by atoms with Gasteiger partial charge in [-0.15, -0.1) is 10.2 Å². The highest BCUT2D eigenvalue weighted by molar-refractivity contribution is 7.93. The Balaban J connectivity index is 1.86. The average Bonchev–Trinajstić information content (AvgIpc) is 3.33. The SMILES string of the molecule is COc1ncnc(OC)c1-n1c(NS(=O)(=O)[C@@H](C)[C@H](C)c2ncc(C)cn2)nnc1-c1cccc(C(F)(F)F)c1. The first-order valence-corrected chi connectivity index (χ1v) is 13.3. The molecule has 16 heteroatoms. The summed E-state index contributed by atoms with van der Waals surface area (Å²) < 4.78 is 81.7. The predicted molar refractivity (Wildman–Crippen MR) is 138 cm³/mol. The molecule has 0 amide bonds. The molecule has 0 aliphatic rings. The molecule has 1 aromatic carbocycles. The Morgan fingerprint density at radius 1 is 0.975 bits per heavy atom. The van der Waals surface area contributed by atoms with Crippen LogP contribution in [-0.2, 0) is 16.2 Å². The van der Waals surface area contributed by atoms with Crippen LogP contribution in [0.1, 0.15) is 36.7 Å². The van der Waals surface area contributed by atoms with Crippen molar-refractivity contribution in [3.05, 3.63) is 59.9 Å². The highest BCUT2D eigenvalue weighted by Crippen LogP contribution is 2.37. The number of alkyl halides is 3. The van der Waals surface area contributed by atoms with Gasteiger partial charge in [-0.05, 0) is 31.5 Å². The van der Waals surface area contributed by atoms with E-state index in [1.54, 1.807) is 26.2 Å². The first kappa shape index (κ1) is 28.7. The third-order valence-corrected chi connectivity index (χ3v) is 7.97. The Kier molecular flexibility index (Phi) is 7.91. The van der Waals surface area contributed by atoms with Crippen LogP contribution >= 0.6 is 0 Å². The average molecular weight is 579 g/mol. The normalized spacial score (nSPS) is 13.5. The number of nitrogens with one attached hydrogen (secondary N) is 1. The second-order valence-electron chi connectivity index (χ2n) is 8.76. The third-order valence-electron chi connectivity index (χ3n) is 6.11. The van der Waals surface area contributed by atoms with Crippen molar-refractivity contribution in [1.29, 1.82) is 0 Å². The molecular weight excluding hydrogens is 553 g/mol. The molecule has 12 nitrogen and oxygen atoms in total. The largest absolute Gasteiger partial charge is 0.479 e. The van der Waals surface area contributed by atoms with Gasteiger partial charge in [-0.3, -0.25) is 9.29 Å². The van der Waals surface area contributed by atoms with Crippen molar-refractivity contribution in [2.24, 2.45) is 0 Å². The van der Waals surface area contributed by atoms with Crippen molar-refractivity contribution >= 4 is 16.0 Å². The maximum atomic E-state index is 13.5. The molecule has 0 aliphatic heterocycles. The van der Waals surface area contributed by atoms with Gasteiger partial charge in [0.15, 0.2) is 11.5 Å². The van der Waals surface area contributed by atoms with E-state index in [9.17, 15) is 21.6 Å². The number of methoxy groups -OCH3 is 2. The molecule has 3 aromatic heterocycles. The summed E-state index contributed by atoms with van der Waals surface area (Å²) in [4.78, 5) is 16.5. The maximum Gasteiger partial charge on any atom is 0.416 e. The van der Waals surface area contributed by atoms with Gasteiger partial charge in [0.25, 0.3) is 0 Å². The van der Waals surface area contributed by atoms with Crippen molar-refractivity contribution < 1.29 is 31.1 Å². The summed E-state index contributed by atoms with van der Waals surface area (Å²) in [6, 6.07) is 4.33. The Hall–Kier alpha value is -4.34. The van der Waals surface area contributed by atoms with Gasteiger partial charge in [0.2, 0.25) is 27.7 Å². The number of halogens is 3. The molecule has 0 bridgehead atoms. The molecule has 0 fully saturated rings. The second kappa shape index (κ2) is 11.0. The molecule has 0 saturated heterocycles. The second-order valence-corrected chi connectivity index (χ2v) is 10.8. The van der Waals surface area contributed by atoms with E-state index in [1.165, 1.54) is 33.3 Å². The van der Waals surface area contributed by atoms with Gasteiger partial charge < -0.3 is 9.47 Å². The minimum absolute atomic E-state index is 0.0183. The van der Waals surface area contributed by atoms with Crippen molar-refractivity contribution in [3.8, 4) is 28.8 Å². The molecule has 4 aromatic rings. The van der Waals surface area contributed by atoms with Gasteiger partial charge in [0, 0.05) is 23.9 Å². The number of hydrogen-bond donors (Lipinski definition) is 1. The molecular formula is C24H25F3N8O4S. The molecule has 0 saturated carbocycles. The van der Waals surface area contributed by atoms with Gasteiger partial charge in [0.1, 0.15) is 12.2 Å². The van der Waals surface area contributed by atoms with Crippen molar-refractivity contribution in [1.82, 2.24) is 34.7 Å². The van der Waals surface area contributed by atoms with Crippen LogP contribution in [0, 0.1) is 6.92 Å². The van der Waals surface area contributed by atoms with Crippen LogP contribution in [-0.4, -0.2) is 62.6 Å². The van der Waals surface area contributed by atoms with Crippen LogP contribution in [0.4, 0.5) is 19.1 Å². The number of nitrogens with zero attached hydrogens (tertiary/aromatic N) is 7. The highest BCUT2D eigenvalue weighted by Gasteiger charge is 2.34. The number of aryl methyl sites for hydroxylation is 1. The molecule has 0 aliphatic carbocycles. The summed E-state index contributed by atoms with van der Waals surface area (Å²) in [5.74, 6) is -0.985. The zero-order valence-electron chi connectivity index (χ0n) is 22.0. The first-order valence-electron chi connectivity index (χ1n) is 11.7. The lowest BCUT2D eigenvalue weighted by atomic mass is 10.1. The quantitative estimate of drug-likeness (QED) is 0.311. The number of rotatable bonds is 9. The van der Waals surface area contributed by atoms with E-state index in [-0.39, 0.29) is 34.8 Å². The molecule has 0 radical (unpaired) electrons. The molecule has 2 atom stereocenters. The van der Waals surface area contributed by atoms with Crippen molar-refractivity contribution in [3.63, 3.8) is 0 Å². The van der Waals surface area contributed by atoms with Crippen molar-refractivity contribution in [2.45, 2.75) is 38.1 Å². The number of anilines is 1. The minimum Gasteiger partial charge on any atom is -0.479 e. The number of sulfonamides is 1. The van der Waals surface area contributed by atoms with Crippen molar-refractivity contribution in [2.75, 3.05) is 18.9 Å². The third kappa shape index (κ3) is 5.66. The Morgan fingerprint density at radius 3 is 2.17 bits per heavy atom. The fourth-order valence-corrected chi connectivity index (χ4v) is 4.99. The molecule has 212 valence electrons. The summed E-state index contributed by atoms with van der Waals surface area (Å²) in [6.07, 6.45) is -0.333. The van der Waals surface area contributed by atoms with Crippen LogP contribution in [0.2, 0.25) is 0 Å². The number of aromatic nitrogens is 7. The Morgan fingerprint density at radius 2 is 1.60 bits per heavy atom. The zero-order chi connectivity index (χ0) is 29.2. The van der Waals surface area contributed by atoms with Crippen LogP contribution in [0.5, 0.6) is 11.8 Å². The first-order chi connectivity index (χ1) is 18.9. The molecule has 1 N–H and O–H groups in total. The molecule has 40 heavy (non-hydrogen) atoms. The van der Waals surface area contributed by atoms with Crippen LogP contribution in [0.3, 0.4) is 0 Å². The van der Waals surface area contributed by atoms with Crippen LogP contribution < -0.4 is 14.2 Å². The topological polar surface area (TPSA) is 147 Å². The summed E-state index contributed by atoms with van der Waals surface area (Å²) >= 11 is 0. The van der Waals surface area contributed by atoms with Gasteiger partial charge in [-0.2, -0.15) is 23.1 Å². The van der Waals surface area contributed by atoms with Gasteiger partial charge >= 0.3 is 6.18 Å². The summed E-state index contributed by atoms with van der Waals surface area (Å²) in [5, 5.41) is 6.92. The lowest BCUT2D eigenvalue weighted by Crippen LogP contribution is -2.31. The number of hydrogen-bond acceptors (Lipinski definition) is 10.